The number of hydrogen-bond acceptors (Lipinski definition) is 5. The summed E-state index contributed by atoms with van der Waals surface area (Å²) in [6.07, 6.45) is 1.42. The van der Waals surface area contributed by atoms with E-state index >= 15 is 0 Å². The van der Waals surface area contributed by atoms with Crippen molar-refractivity contribution >= 4 is 35.3 Å². The molecule has 0 saturated heterocycles. The first-order valence-corrected chi connectivity index (χ1v) is 9.59. The molecule has 0 atom stereocenters. The highest BCUT2D eigenvalue weighted by atomic mass is 35.5. The molecule has 2 aromatic carbocycles. The Balaban J connectivity index is 2.02. The van der Waals surface area contributed by atoms with Crippen molar-refractivity contribution in [2.24, 2.45) is 5.73 Å². The first-order chi connectivity index (χ1) is 13.0. The first kappa shape index (κ1) is 20.7. The van der Waals surface area contributed by atoms with Crippen LogP contribution in [0, 0.1) is 11.3 Å². The third kappa shape index (κ3) is 6.55. The van der Waals surface area contributed by atoms with Crippen molar-refractivity contribution in [3.8, 4) is 17.6 Å². The zero-order chi connectivity index (χ0) is 19.6. The van der Waals surface area contributed by atoms with Crippen LogP contribution in [0.15, 0.2) is 52.9 Å². The first-order valence-electron chi connectivity index (χ1n) is 8.23. The number of ether oxygens (including phenoxy) is 2. The fraction of sp³-hybridized carbons (Fsp3) is 0.200. The Bertz CT molecular complexity index is 861. The van der Waals surface area contributed by atoms with Crippen molar-refractivity contribution in [1.82, 2.24) is 0 Å². The largest absolute Gasteiger partial charge is 0.490 e. The van der Waals surface area contributed by atoms with Gasteiger partial charge in [-0.05, 0) is 55.0 Å². The third-order valence-electron chi connectivity index (χ3n) is 3.39. The summed E-state index contributed by atoms with van der Waals surface area (Å²) in [6.45, 7) is 2.82. The number of hydrogen-bond donors (Lipinski definition) is 1. The Labute approximate surface area is 167 Å². The number of amides is 1. The topological polar surface area (TPSA) is 85.3 Å². The number of thioether (sulfide) groups is 1. The second-order valence-electron chi connectivity index (χ2n) is 5.32. The Kier molecular flexibility index (Phi) is 8.05. The van der Waals surface area contributed by atoms with Crippen molar-refractivity contribution in [3.05, 3.63) is 58.6 Å². The maximum absolute atomic E-state index is 11.2. The van der Waals surface area contributed by atoms with E-state index in [9.17, 15) is 4.79 Å². The quantitative estimate of drug-likeness (QED) is 0.292. The maximum atomic E-state index is 11.2. The lowest BCUT2D eigenvalue weighted by Crippen LogP contribution is -2.12. The number of carbonyl (C=O) groups excluding carboxylic acids is 1. The summed E-state index contributed by atoms with van der Waals surface area (Å²) in [7, 11) is 0. The van der Waals surface area contributed by atoms with E-state index in [1.807, 2.05) is 31.2 Å². The lowest BCUT2D eigenvalue weighted by molar-refractivity contribution is -0.114. The molecule has 0 spiro atoms. The number of benzene rings is 2. The second-order valence-corrected chi connectivity index (χ2v) is 6.93. The molecule has 0 aliphatic carbocycles. The Morgan fingerprint density at radius 3 is 2.59 bits per heavy atom. The SMILES string of the molecule is CCOc1cc(C=C(C#N)C(N)=O)ccc1OCCSc1ccc(Cl)cc1. The van der Waals surface area contributed by atoms with E-state index in [1.54, 1.807) is 36.0 Å². The number of carbonyl (C=O) groups is 1. The van der Waals surface area contributed by atoms with Gasteiger partial charge in [-0.2, -0.15) is 5.26 Å². The molecule has 0 saturated carbocycles. The van der Waals surface area contributed by atoms with Crippen LogP contribution >= 0.6 is 23.4 Å². The van der Waals surface area contributed by atoms with Crippen molar-refractivity contribution in [3.63, 3.8) is 0 Å². The van der Waals surface area contributed by atoms with Gasteiger partial charge in [-0.3, -0.25) is 4.79 Å². The van der Waals surface area contributed by atoms with E-state index in [0.29, 0.717) is 35.3 Å². The Morgan fingerprint density at radius 1 is 1.22 bits per heavy atom. The van der Waals surface area contributed by atoms with E-state index in [-0.39, 0.29) is 5.57 Å². The minimum atomic E-state index is -0.769. The van der Waals surface area contributed by atoms with Crippen LogP contribution in [0.5, 0.6) is 11.5 Å². The van der Waals surface area contributed by atoms with E-state index in [2.05, 4.69) is 0 Å². The van der Waals surface area contributed by atoms with Gasteiger partial charge in [0.1, 0.15) is 11.6 Å². The minimum Gasteiger partial charge on any atom is -0.490 e. The van der Waals surface area contributed by atoms with Crippen molar-refractivity contribution in [2.75, 3.05) is 19.0 Å². The molecule has 0 aliphatic rings. The molecule has 1 amide bonds. The number of nitrogens with zero attached hydrogens (tertiary/aromatic N) is 1. The lowest BCUT2D eigenvalue weighted by atomic mass is 10.1. The minimum absolute atomic E-state index is 0.120. The summed E-state index contributed by atoms with van der Waals surface area (Å²) >= 11 is 7.54. The molecule has 2 aromatic rings. The van der Waals surface area contributed by atoms with E-state index in [1.165, 1.54) is 6.08 Å². The normalized spacial score (nSPS) is 10.9. The molecule has 2 N–H and O–H groups in total. The van der Waals surface area contributed by atoms with Crippen LogP contribution in [0.1, 0.15) is 12.5 Å². The van der Waals surface area contributed by atoms with Crippen LogP contribution in [-0.2, 0) is 4.79 Å². The van der Waals surface area contributed by atoms with Gasteiger partial charge in [0.05, 0.1) is 13.2 Å². The Morgan fingerprint density at radius 2 is 1.96 bits per heavy atom. The zero-order valence-corrected chi connectivity index (χ0v) is 16.3. The molecular weight excluding hydrogens is 384 g/mol. The average molecular weight is 403 g/mol. The monoisotopic (exact) mass is 402 g/mol. The summed E-state index contributed by atoms with van der Waals surface area (Å²) in [5, 5.41) is 9.66. The fourth-order valence-corrected chi connectivity index (χ4v) is 3.03. The van der Waals surface area contributed by atoms with Gasteiger partial charge in [-0.1, -0.05) is 17.7 Å². The number of rotatable bonds is 9. The van der Waals surface area contributed by atoms with Gasteiger partial charge in [-0.25, -0.2) is 0 Å². The molecule has 0 aliphatic heterocycles. The molecule has 27 heavy (non-hydrogen) atoms. The van der Waals surface area contributed by atoms with Gasteiger partial charge in [0, 0.05) is 15.7 Å². The molecule has 7 heteroatoms. The highest BCUT2D eigenvalue weighted by molar-refractivity contribution is 7.99. The molecule has 0 radical (unpaired) electrons. The van der Waals surface area contributed by atoms with Crippen LogP contribution < -0.4 is 15.2 Å². The molecule has 0 bridgehead atoms. The summed E-state index contributed by atoms with van der Waals surface area (Å²) in [4.78, 5) is 12.3. The van der Waals surface area contributed by atoms with E-state index < -0.39 is 5.91 Å². The number of nitriles is 1. The standard InChI is InChI=1S/C20H19ClN2O3S/c1-2-25-19-12-14(11-15(13-22)20(23)24)3-8-18(19)26-9-10-27-17-6-4-16(21)5-7-17/h3-8,11-12H,2,9-10H2,1H3,(H2,23,24). The highest BCUT2D eigenvalue weighted by Crippen LogP contribution is 2.30. The van der Waals surface area contributed by atoms with Crippen LogP contribution in [0.2, 0.25) is 5.02 Å². The van der Waals surface area contributed by atoms with Crippen molar-refractivity contribution in [2.45, 2.75) is 11.8 Å². The van der Waals surface area contributed by atoms with E-state index in [4.69, 9.17) is 32.1 Å². The molecule has 2 rings (SSSR count). The molecule has 0 heterocycles. The number of halogens is 1. The maximum Gasteiger partial charge on any atom is 0.259 e. The van der Waals surface area contributed by atoms with Crippen molar-refractivity contribution in [1.29, 1.82) is 5.26 Å². The van der Waals surface area contributed by atoms with Gasteiger partial charge >= 0.3 is 0 Å². The highest BCUT2D eigenvalue weighted by Gasteiger charge is 2.08. The van der Waals surface area contributed by atoms with Crippen LogP contribution in [0.25, 0.3) is 6.08 Å². The Hall–Kier alpha value is -2.62. The predicted octanol–water partition coefficient (Wildman–Crippen LogP) is 4.30. The fourth-order valence-electron chi connectivity index (χ4n) is 2.17. The van der Waals surface area contributed by atoms with Gasteiger partial charge in [-0.15, -0.1) is 11.8 Å². The van der Waals surface area contributed by atoms with E-state index in [0.717, 1.165) is 10.6 Å². The van der Waals surface area contributed by atoms with Crippen LogP contribution in [-0.4, -0.2) is 24.9 Å². The number of nitrogens with two attached hydrogens (primary N) is 1. The molecule has 140 valence electrons. The summed E-state index contributed by atoms with van der Waals surface area (Å²) < 4.78 is 11.4. The lowest BCUT2D eigenvalue weighted by Gasteiger charge is -2.12. The predicted molar refractivity (Wildman–Crippen MR) is 108 cm³/mol. The summed E-state index contributed by atoms with van der Waals surface area (Å²) in [5.74, 6) is 1.14. The van der Waals surface area contributed by atoms with Crippen molar-refractivity contribution < 1.29 is 14.3 Å². The molecule has 5 nitrogen and oxygen atoms in total. The molecule has 0 aromatic heterocycles. The second kappa shape index (κ2) is 10.5. The van der Waals surface area contributed by atoms with Crippen LogP contribution in [0.3, 0.4) is 0 Å². The number of primary amides is 1. The molecule has 0 unspecified atom stereocenters. The summed E-state index contributed by atoms with van der Waals surface area (Å²) in [6, 6.07) is 14.6. The zero-order valence-electron chi connectivity index (χ0n) is 14.8. The van der Waals surface area contributed by atoms with Crippen LogP contribution in [0.4, 0.5) is 0 Å². The summed E-state index contributed by atoms with van der Waals surface area (Å²) in [5.41, 5.74) is 5.68. The molecular formula is C20H19ClN2O3S. The third-order valence-corrected chi connectivity index (χ3v) is 4.62. The average Bonchev–Trinajstić information content (AvgIpc) is 2.66. The smallest absolute Gasteiger partial charge is 0.259 e. The van der Waals surface area contributed by atoms with Gasteiger partial charge < -0.3 is 15.2 Å². The van der Waals surface area contributed by atoms with Gasteiger partial charge in [0.15, 0.2) is 11.5 Å². The van der Waals surface area contributed by atoms with Gasteiger partial charge in [0.2, 0.25) is 0 Å². The molecule has 0 fully saturated rings. The van der Waals surface area contributed by atoms with Gasteiger partial charge in [0.25, 0.3) is 5.91 Å².